The number of carbonyl (C=O) groups excluding carboxylic acids is 1. The molecule has 0 saturated heterocycles. The van der Waals surface area contributed by atoms with Gasteiger partial charge in [-0.2, -0.15) is 0 Å². The maximum absolute atomic E-state index is 13.3. The highest BCUT2D eigenvalue weighted by molar-refractivity contribution is 6.18. The number of nitrogens with zero attached hydrogens (tertiary/aromatic N) is 1. The van der Waals surface area contributed by atoms with Crippen molar-refractivity contribution in [1.82, 2.24) is 9.55 Å². The zero-order chi connectivity index (χ0) is 20.7. The number of hydrogen-bond acceptors (Lipinski definition) is 5. The van der Waals surface area contributed by atoms with Crippen molar-refractivity contribution >= 4 is 45.0 Å². The molecule has 150 valence electrons. The summed E-state index contributed by atoms with van der Waals surface area (Å²) in [5.74, 6) is 1.47. The Labute approximate surface area is 171 Å². The standard InChI is InChI=1S/C21H20ClN3O4/c1-27-17-7-11-6-15(24-18(11)20(29-3)19(17)28-2)21(26)25-10-12(9-22)14-5-4-13(23)8-16(14)25/h4-8,10,24H,9,23H2,1-3H3. The summed E-state index contributed by atoms with van der Waals surface area (Å²) in [6.45, 7) is 0. The van der Waals surface area contributed by atoms with Crippen LogP contribution in [0.5, 0.6) is 17.2 Å². The number of anilines is 1. The van der Waals surface area contributed by atoms with Crippen molar-refractivity contribution in [3.8, 4) is 17.2 Å². The number of aromatic amines is 1. The number of ether oxygens (including phenoxy) is 3. The summed E-state index contributed by atoms with van der Waals surface area (Å²) in [7, 11) is 4.62. The van der Waals surface area contributed by atoms with Crippen molar-refractivity contribution in [1.29, 1.82) is 0 Å². The number of alkyl halides is 1. The first-order valence-corrected chi connectivity index (χ1v) is 9.37. The molecule has 3 N–H and O–H groups in total. The van der Waals surface area contributed by atoms with Gasteiger partial charge in [0.1, 0.15) is 5.69 Å². The number of aromatic nitrogens is 2. The zero-order valence-electron chi connectivity index (χ0n) is 16.2. The van der Waals surface area contributed by atoms with Gasteiger partial charge in [-0.15, -0.1) is 11.6 Å². The molecule has 0 saturated carbocycles. The van der Waals surface area contributed by atoms with Crippen LogP contribution in [-0.4, -0.2) is 36.8 Å². The Balaban J connectivity index is 1.91. The lowest BCUT2D eigenvalue weighted by Crippen LogP contribution is -2.11. The SMILES string of the molecule is COc1cc2cc(C(=O)n3cc(CCl)c4ccc(N)cc43)[nH]c2c(OC)c1OC. The van der Waals surface area contributed by atoms with E-state index in [2.05, 4.69) is 4.98 Å². The molecule has 0 bridgehead atoms. The zero-order valence-corrected chi connectivity index (χ0v) is 17.0. The van der Waals surface area contributed by atoms with Crippen LogP contribution in [0, 0.1) is 0 Å². The van der Waals surface area contributed by atoms with Gasteiger partial charge in [0.2, 0.25) is 5.75 Å². The summed E-state index contributed by atoms with van der Waals surface area (Å²) in [5, 5.41) is 1.65. The fraction of sp³-hybridized carbons (Fsp3) is 0.190. The van der Waals surface area contributed by atoms with Gasteiger partial charge in [-0.25, -0.2) is 0 Å². The summed E-state index contributed by atoms with van der Waals surface area (Å²) in [6, 6.07) is 8.97. The number of fused-ring (bicyclic) bond motifs is 2. The van der Waals surface area contributed by atoms with Crippen molar-refractivity contribution in [3.63, 3.8) is 0 Å². The molecule has 2 heterocycles. The van der Waals surface area contributed by atoms with E-state index < -0.39 is 0 Å². The molecule has 8 heteroatoms. The van der Waals surface area contributed by atoms with Crippen LogP contribution < -0.4 is 19.9 Å². The monoisotopic (exact) mass is 413 g/mol. The number of halogens is 1. The Bertz CT molecular complexity index is 1240. The van der Waals surface area contributed by atoms with Gasteiger partial charge in [0.25, 0.3) is 5.91 Å². The van der Waals surface area contributed by atoms with E-state index in [-0.39, 0.29) is 11.8 Å². The number of hydrogen-bond donors (Lipinski definition) is 2. The van der Waals surface area contributed by atoms with Gasteiger partial charge in [0.05, 0.1) is 32.4 Å². The second-order valence-electron chi connectivity index (χ2n) is 6.53. The number of rotatable bonds is 5. The summed E-state index contributed by atoms with van der Waals surface area (Å²) < 4.78 is 17.9. The number of H-pyrrole nitrogens is 1. The lowest BCUT2D eigenvalue weighted by molar-refractivity contribution is 0.0961. The number of benzene rings is 2. The van der Waals surface area contributed by atoms with Crippen molar-refractivity contribution < 1.29 is 19.0 Å². The average Bonchev–Trinajstić information content (AvgIpc) is 3.32. The minimum atomic E-state index is -0.242. The third-order valence-electron chi connectivity index (χ3n) is 4.93. The number of nitrogens with one attached hydrogen (secondary N) is 1. The molecular weight excluding hydrogens is 394 g/mol. The molecule has 0 amide bonds. The summed E-state index contributed by atoms with van der Waals surface area (Å²) in [4.78, 5) is 16.5. The maximum atomic E-state index is 13.3. The molecule has 0 radical (unpaired) electrons. The van der Waals surface area contributed by atoms with Crippen LogP contribution >= 0.6 is 11.6 Å². The Hall–Kier alpha value is -3.32. The minimum absolute atomic E-state index is 0.242. The maximum Gasteiger partial charge on any atom is 0.278 e. The normalized spacial score (nSPS) is 11.2. The molecule has 4 rings (SSSR count). The lowest BCUT2D eigenvalue weighted by Gasteiger charge is -2.12. The second kappa shape index (κ2) is 7.25. The lowest BCUT2D eigenvalue weighted by atomic mass is 10.2. The summed E-state index contributed by atoms with van der Waals surface area (Å²) >= 11 is 6.07. The first-order valence-electron chi connectivity index (χ1n) is 8.84. The van der Waals surface area contributed by atoms with Crippen LogP contribution in [-0.2, 0) is 5.88 Å². The van der Waals surface area contributed by atoms with E-state index in [9.17, 15) is 4.79 Å². The smallest absolute Gasteiger partial charge is 0.278 e. The number of methoxy groups -OCH3 is 3. The predicted octanol–water partition coefficient (Wildman–Crippen LogP) is 4.16. The van der Waals surface area contributed by atoms with Crippen molar-refractivity contribution in [2.45, 2.75) is 5.88 Å². The third-order valence-corrected chi connectivity index (χ3v) is 5.21. The fourth-order valence-electron chi connectivity index (χ4n) is 3.58. The fourth-order valence-corrected chi connectivity index (χ4v) is 3.79. The highest BCUT2D eigenvalue weighted by Gasteiger charge is 2.22. The van der Waals surface area contributed by atoms with Gasteiger partial charge in [-0.3, -0.25) is 9.36 Å². The largest absolute Gasteiger partial charge is 0.493 e. The van der Waals surface area contributed by atoms with Crippen LogP contribution in [0.1, 0.15) is 16.1 Å². The molecule has 0 aliphatic rings. The Morgan fingerprint density at radius 3 is 2.52 bits per heavy atom. The summed E-state index contributed by atoms with van der Waals surface area (Å²) in [5.41, 5.74) is 9.08. The van der Waals surface area contributed by atoms with Crippen molar-refractivity contribution in [2.75, 3.05) is 27.1 Å². The molecule has 0 aliphatic heterocycles. The van der Waals surface area contributed by atoms with E-state index in [1.165, 1.54) is 14.2 Å². The van der Waals surface area contributed by atoms with Gasteiger partial charge < -0.3 is 24.9 Å². The molecule has 29 heavy (non-hydrogen) atoms. The van der Waals surface area contributed by atoms with Gasteiger partial charge in [0.15, 0.2) is 11.5 Å². The van der Waals surface area contributed by atoms with E-state index in [1.807, 2.05) is 6.07 Å². The van der Waals surface area contributed by atoms with E-state index in [0.717, 1.165) is 16.3 Å². The van der Waals surface area contributed by atoms with E-state index >= 15 is 0 Å². The molecule has 0 spiro atoms. The highest BCUT2D eigenvalue weighted by Crippen LogP contribution is 2.43. The molecule has 4 aromatic rings. The first kappa shape index (κ1) is 19.0. The Kier molecular flexibility index (Phi) is 4.76. The molecule has 0 atom stereocenters. The first-order chi connectivity index (χ1) is 14.0. The minimum Gasteiger partial charge on any atom is -0.493 e. The van der Waals surface area contributed by atoms with E-state index in [1.54, 1.807) is 42.1 Å². The van der Waals surface area contributed by atoms with Crippen LogP contribution in [0.3, 0.4) is 0 Å². The molecule has 2 aromatic heterocycles. The van der Waals surface area contributed by atoms with Gasteiger partial charge in [-0.05, 0) is 29.8 Å². The van der Waals surface area contributed by atoms with Gasteiger partial charge in [0, 0.05) is 28.5 Å². The van der Waals surface area contributed by atoms with Crippen LogP contribution in [0.4, 0.5) is 5.69 Å². The number of nitrogen functional groups attached to an aromatic ring is 1. The van der Waals surface area contributed by atoms with E-state index in [0.29, 0.717) is 39.7 Å². The summed E-state index contributed by atoms with van der Waals surface area (Å²) in [6.07, 6.45) is 1.74. The Morgan fingerprint density at radius 2 is 1.86 bits per heavy atom. The predicted molar refractivity (Wildman–Crippen MR) is 114 cm³/mol. The molecule has 0 fully saturated rings. The van der Waals surface area contributed by atoms with Crippen LogP contribution in [0.25, 0.3) is 21.8 Å². The van der Waals surface area contributed by atoms with Crippen LogP contribution in [0.15, 0.2) is 36.5 Å². The van der Waals surface area contributed by atoms with Gasteiger partial charge in [-0.1, -0.05) is 6.07 Å². The molecule has 2 aromatic carbocycles. The quantitative estimate of drug-likeness (QED) is 0.378. The number of carbonyl (C=O) groups is 1. The average molecular weight is 414 g/mol. The van der Waals surface area contributed by atoms with Crippen molar-refractivity contribution in [2.24, 2.45) is 0 Å². The van der Waals surface area contributed by atoms with Crippen LogP contribution in [0.2, 0.25) is 0 Å². The van der Waals surface area contributed by atoms with Crippen molar-refractivity contribution in [3.05, 3.63) is 47.8 Å². The highest BCUT2D eigenvalue weighted by atomic mass is 35.5. The number of nitrogens with two attached hydrogens (primary N) is 1. The molecule has 0 aliphatic carbocycles. The molecule has 7 nitrogen and oxygen atoms in total. The van der Waals surface area contributed by atoms with Gasteiger partial charge >= 0.3 is 0 Å². The van der Waals surface area contributed by atoms with E-state index in [4.69, 9.17) is 31.5 Å². The third kappa shape index (κ3) is 2.94. The molecular formula is C21H20ClN3O4. The Morgan fingerprint density at radius 1 is 1.10 bits per heavy atom. The second-order valence-corrected chi connectivity index (χ2v) is 6.80. The topological polar surface area (TPSA) is 91.5 Å². The molecule has 0 unspecified atom stereocenters.